The van der Waals surface area contributed by atoms with Gasteiger partial charge >= 0.3 is 5.97 Å². The van der Waals surface area contributed by atoms with E-state index in [1.807, 2.05) is 0 Å². The summed E-state index contributed by atoms with van der Waals surface area (Å²) in [5.41, 5.74) is 0.426. The van der Waals surface area contributed by atoms with E-state index in [9.17, 15) is 4.79 Å². The number of para-hydroxylation sites is 1. The highest BCUT2D eigenvalue weighted by molar-refractivity contribution is 5.93. The predicted octanol–water partition coefficient (Wildman–Crippen LogP) is -1.04. The van der Waals surface area contributed by atoms with Gasteiger partial charge in [-0.2, -0.15) is 0 Å². The van der Waals surface area contributed by atoms with Crippen LogP contribution in [0.15, 0.2) is 18.2 Å². The highest BCUT2D eigenvalue weighted by Crippen LogP contribution is 2.31. The van der Waals surface area contributed by atoms with Gasteiger partial charge in [0.15, 0.2) is 11.5 Å². The third kappa shape index (κ3) is 6.97. The summed E-state index contributed by atoms with van der Waals surface area (Å²) < 4.78 is 16.5. The minimum absolute atomic E-state index is 0. The average Bonchev–Trinajstić information content (AvgIpc) is 2.58. The molecule has 1 rings (SSSR count). The lowest BCUT2D eigenvalue weighted by Gasteiger charge is -2.16. The van der Waals surface area contributed by atoms with Crippen molar-refractivity contribution in [1.29, 1.82) is 0 Å². The van der Waals surface area contributed by atoms with Gasteiger partial charge in [0.25, 0.3) is 0 Å². The first-order valence-corrected chi connectivity index (χ1v) is 8.48. The number of hydrogen-bond donors (Lipinski definition) is 1. The highest BCUT2D eigenvalue weighted by Gasteiger charge is 2.18. The SMILES string of the molecule is CCCCOc1c(OC)cccc1C(=O)OCC[NH+](CC)CC.[Cl-]. The fraction of sp³-hybridized carbons (Fsp3) is 0.611. The molecule has 0 saturated carbocycles. The van der Waals surface area contributed by atoms with Gasteiger partial charge < -0.3 is 31.5 Å². The molecule has 1 N–H and O–H groups in total. The number of unbranched alkanes of at least 4 members (excludes halogenated alkanes) is 1. The Kier molecular flexibility index (Phi) is 12.1. The molecule has 0 bridgehead atoms. The molecule has 0 atom stereocenters. The third-order valence-corrected chi connectivity index (χ3v) is 3.85. The lowest BCUT2D eigenvalue weighted by Crippen LogP contribution is -3.11. The van der Waals surface area contributed by atoms with Crippen molar-refractivity contribution < 1.29 is 36.3 Å². The van der Waals surface area contributed by atoms with Crippen LogP contribution in [0.2, 0.25) is 0 Å². The van der Waals surface area contributed by atoms with E-state index in [2.05, 4.69) is 20.8 Å². The number of methoxy groups -OCH3 is 1. The Morgan fingerprint density at radius 3 is 2.42 bits per heavy atom. The van der Waals surface area contributed by atoms with Crippen LogP contribution in [-0.4, -0.2) is 45.9 Å². The van der Waals surface area contributed by atoms with Gasteiger partial charge in [0.05, 0.1) is 26.8 Å². The summed E-state index contributed by atoms with van der Waals surface area (Å²) >= 11 is 0. The van der Waals surface area contributed by atoms with Gasteiger partial charge in [-0.25, -0.2) is 4.79 Å². The average molecular weight is 360 g/mol. The number of rotatable bonds is 11. The molecular formula is C18H30ClNO4. The Morgan fingerprint density at radius 1 is 1.12 bits per heavy atom. The van der Waals surface area contributed by atoms with E-state index in [0.29, 0.717) is 30.3 Å². The van der Waals surface area contributed by atoms with Crippen molar-refractivity contribution in [3.8, 4) is 11.5 Å². The van der Waals surface area contributed by atoms with Crippen LogP contribution in [0, 0.1) is 0 Å². The maximum Gasteiger partial charge on any atom is 0.342 e. The first-order chi connectivity index (χ1) is 11.2. The molecule has 24 heavy (non-hydrogen) atoms. The highest BCUT2D eigenvalue weighted by atomic mass is 35.5. The lowest BCUT2D eigenvalue weighted by atomic mass is 10.2. The van der Waals surface area contributed by atoms with Crippen molar-refractivity contribution in [3.05, 3.63) is 23.8 Å². The zero-order valence-electron chi connectivity index (χ0n) is 15.2. The summed E-state index contributed by atoms with van der Waals surface area (Å²) in [4.78, 5) is 13.8. The summed E-state index contributed by atoms with van der Waals surface area (Å²) in [5, 5.41) is 0. The monoisotopic (exact) mass is 359 g/mol. The minimum Gasteiger partial charge on any atom is -1.00 e. The summed E-state index contributed by atoms with van der Waals surface area (Å²) in [7, 11) is 1.57. The summed E-state index contributed by atoms with van der Waals surface area (Å²) in [6, 6.07) is 5.28. The van der Waals surface area contributed by atoms with Crippen LogP contribution in [0.25, 0.3) is 0 Å². The van der Waals surface area contributed by atoms with E-state index >= 15 is 0 Å². The van der Waals surface area contributed by atoms with Crippen LogP contribution >= 0.6 is 0 Å². The number of quaternary nitrogens is 1. The Hall–Kier alpha value is -1.46. The van der Waals surface area contributed by atoms with Crippen molar-refractivity contribution in [2.24, 2.45) is 0 Å². The number of ether oxygens (including phenoxy) is 3. The number of carbonyl (C=O) groups excluding carboxylic acids is 1. The van der Waals surface area contributed by atoms with Gasteiger partial charge in [0, 0.05) is 0 Å². The fourth-order valence-electron chi connectivity index (χ4n) is 2.27. The molecule has 0 spiro atoms. The summed E-state index contributed by atoms with van der Waals surface area (Å²) in [5.74, 6) is 0.676. The number of carbonyl (C=O) groups is 1. The summed E-state index contributed by atoms with van der Waals surface area (Å²) in [6.45, 7) is 10.2. The van der Waals surface area contributed by atoms with Gasteiger partial charge in [0.1, 0.15) is 18.7 Å². The Labute approximate surface area is 151 Å². The molecule has 5 nitrogen and oxygen atoms in total. The Bertz CT molecular complexity index is 478. The molecule has 0 aliphatic carbocycles. The normalized spacial score (nSPS) is 10.2. The van der Waals surface area contributed by atoms with Crippen molar-refractivity contribution in [2.75, 3.05) is 40.0 Å². The van der Waals surface area contributed by atoms with Crippen LogP contribution in [0.4, 0.5) is 0 Å². The number of halogens is 1. The largest absolute Gasteiger partial charge is 1.00 e. The zero-order valence-corrected chi connectivity index (χ0v) is 15.9. The molecule has 0 unspecified atom stereocenters. The second-order valence-corrected chi connectivity index (χ2v) is 5.38. The van der Waals surface area contributed by atoms with E-state index < -0.39 is 0 Å². The molecular weight excluding hydrogens is 330 g/mol. The number of esters is 1. The molecule has 0 amide bonds. The van der Waals surface area contributed by atoms with Gasteiger partial charge in [-0.3, -0.25) is 0 Å². The van der Waals surface area contributed by atoms with Crippen LogP contribution in [0.1, 0.15) is 44.0 Å². The van der Waals surface area contributed by atoms with E-state index in [-0.39, 0.29) is 18.4 Å². The van der Waals surface area contributed by atoms with Crippen molar-refractivity contribution in [3.63, 3.8) is 0 Å². The smallest absolute Gasteiger partial charge is 0.342 e. The first-order valence-electron chi connectivity index (χ1n) is 8.48. The second kappa shape index (κ2) is 12.9. The molecule has 6 heteroatoms. The number of likely N-dealkylation sites (N-methyl/N-ethyl adjacent to an activating group) is 1. The maximum absolute atomic E-state index is 12.4. The lowest BCUT2D eigenvalue weighted by molar-refractivity contribution is -0.896. The van der Waals surface area contributed by atoms with E-state index in [0.717, 1.165) is 32.5 Å². The molecule has 0 fully saturated rings. The van der Waals surface area contributed by atoms with Crippen LogP contribution in [0.3, 0.4) is 0 Å². The van der Waals surface area contributed by atoms with Gasteiger partial charge in [-0.05, 0) is 32.4 Å². The minimum atomic E-state index is -0.359. The van der Waals surface area contributed by atoms with Gasteiger partial charge in [-0.15, -0.1) is 0 Å². The Morgan fingerprint density at radius 2 is 1.83 bits per heavy atom. The molecule has 0 saturated heterocycles. The quantitative estimate of drug-likeness (QED) is 0.405. The molecule has 1 aromatic rings. The Balaban J connectivity index is 0.00000529. The third-order valence-electron chi connectivity index (χ3n) is 3.85. The number of nitrogens with one attached hydrogen (secondary N) is 1. The van der Waals surface area contributed by atoms with Crippen LogP contribution in [-0.2, 0) is 4.74 Å². The van der Waals surface area contributed by atoms with Gasteiger partial charge in [-0.1, -0.05) is 19.4 Å². The predicted molar refractivity (Wildman–Crippen MR) is 90.6 cm³/mol. The second-order valence-electron chi connectivity index (χ2n) is 5.38. The van der Waals surface area contributed by atoms with Crippen molar-refractivity contribution in [2.45, 2.75) is 33.6 Å². The van der Waals surface area contributed by atoms with Crippen LogP contribution in [0.5, 0.6) is 11.5 Å². The molecule has 0 heterocycles. The van der Waals surface area contributed by atoms with Crippen LogP contribution < -0.4 is 26.8 Å². The standard InChI is InChI=1S/C18H29NO4.ClH/c1-5-8-13-22-17-15(10-9-11-16(17)21-4)18(20)23-14-12-19(6-2)7-3;/h9-11H,5-8,12-14H2,1-4H3;1H. The first kappa shape index (κ1) is 22.5. The number of benzene rings is 1. The van der Waals surface area contributed by atoms with Crippen molar-refractivity contribution in [1.82, 2.24) is 0 Å². The van der Waals surface area contributed by atoms with Crippen molar-refractivity contribution >= 4 is 5.97 Å². The molecule has 0 aliphatic rings. The molecule has 0 aliphatic heterocycles. The zero-order chi connectivity index (χ0) is 17.1. The maximum atomic E-state index is 12.4. The van der Waals surface area contributed by atoms with E-state index in [1.54, 1.807) is 25.3 Å². The molecule has 138 valence electrons. The molecule has 0 radical (unpaired) electrons. The van der Waals surface area contributed by atoms with E-state index in [1.165, 1.54) is 4.90 Å². The molecule has 1 aromatic carbocycles. The fourth-order valence-corrected chi connectivity index (χ4v) is 2.27. The van der Waals surface area contributed by atoms with E-state index in [4.69, 9.17) is 14.2 Å². The topological polar surface area (TPSA) is 49.2 Å². The molecule has 0 aromatic heterocycles. The summed E-state index contributed by atoms with van der Waals surface area (Å²) in [6.07, 6.45) is 1.96. The number of hydrogen-bond acceptors (Lipinski definition) is 4. The van der Waals surface area contributed by atoms with Gasteiger partial charge in [0.2, 0.25) is 0 Å².